The number of fused-ring (bicyclic) bond motifs is 4. The van der Waals surface area contributed by atoms with Gasteiger partial charge in [-0.25, -0.2) is 19.6 Å². The van der Waals surface area contributed by atoms with Crippen molar-refractivity contribution in [2.24, 2.45) is 11.8 Å². The summed E-state index contributed by atoms with van der Waals surface area (Å²) in [4.78, 5) is 69.7. The third-order valence-corrected chi connectivity index (χ3v) is 11.9. The SMILES string of the molecule is COC(=O)N[C@H](C(=O)NC1(c2nc3ccc(-c4ccc(-c5ccc6c(c5)OCCc5nc([C@@H]7CCCN7C(=O)[C@@H](NC(=O)OC)C(C)C)[nH]c5-6)cc4)cc3[nH]2)CC1)C(C)C. The topological polar surface area (TPSA) is 193 Å². The normalized spacial score (nSPS) is 17.5. The number of carbonyl (C=O) groups excluding carboxylic acids is 4. The van der Waals surface area contributed by atoms with E-state index in [2.05, 4.69) is 74.4 Å². The Bertz CT molecular complexity index is 2430. The number of methoxy groups -OCH3 is 2. The Hall–Kier alpha value is -6.38. The first-order valence-electron chi connectivity index (χ1n) is 20.7. The molecule has 3 aliphatic rings. The molecule has 5 N–H and O–H groups in total. The molecule has 0 spiro atoms. The average Bonchev–Trinajstić information content (AvgIpc) is 3.53. The molecule has 0 bridgehead atoms. The number of aromatic amines is 2. The van der Waals surface area contributed by atoms with Gasteiger partial charge >= 0.3 is 12.2 Å². The van der Waals surface area contributed by atoms with Crippen LogP contribution in [0.4, 0.5) is 9.59 Å². The van der Waals surface area contributed by atoms with Crippen molar-refractivity contribution < 1.29 is 33.4 Å². The molecule has 60 heavy (non-hydrogen) atoms. The number of imidazole rings is 2. The van der Waals surface area contributed by atoms with Gasteiger partial charge in [-0.3, -0.25) is 9.59 Å². The molecule has 0 radical (unpaired) electrons. The van der Waals surface area contributed by atoms with E-state index < -0.39 is 29.8 Å². The van der Waals surface area contributed by atoms with Gasteiger partial charge in [0.1, 0.15) is 29.5 Å². The number of alkyl carbamates (subject to hydrolysis) is 2. The largest absolute Gasteiger partial charge is 0.492 e. The number of hydrogen-bond donors (Lipinski definition) is 5. The van der Waals surface area contributed by atoms with Gasteiger partial charge in [0.2, 0.25) is 11.8 Å². The Morgan fingerprint density at radius 1 is 0.817 bits per heavy atom. The molecule has 15 nitrogen and oxygen atoms in total. The highest BCUT2D eigenvalue weighted by molar-refractivity contribution is 5.88. The van der Waals surface area contributed by atoms with Crippen molar-refractivity contribution in [1.82, 2.24) is 40.8 Å². The molecular formula is C45H52N8O7. The van der Waals surface area contributed by atoms with Crippen LogP contribution in [0, 0.1) is 11.8 Å². The lowest BCUT2D eigenvalue weighted by molar-refractivity contribution is -0.135. The summed E-state index contributed by atoms with van der Waals surface area (Å²) in [6, 6.07) is 19.1. The maximum Gasteiger partial charge on any atom is 0.407 e. The minimum absolute atomic E-state index is 0.117. The number of nitrogens with zero attached hydrogens (tertiary/aromatic N) is 3. The summed E-state index contributed by atoms with van der Waals surface area (Å²) in [5.41, 5.74) is 7.90. The summed E-state index contributed by atoms with van der Waals surface area (Å²) < 4.78 is 15.8. The van der Waals surface area contributed by atoms with Crippen molar-refractivity contribution in [3.05, 3.63) is 78.0 Å². The molecule has 2 aromatic heterocycles. The minimum atomic E-state index is -0.735. The molecule has 1 saturated heterocycles. The second-order valence-electron chi connectivity index (χ2n) is 16.6. The van der Waals surface area contributed by atoms with Gasteiger partial charge in [0.25, 0.3) is 0 Å². The first-order valence-corrected chi connectivity index (χ1v) is 20.7. The van der Waals surface area contributed by atoms with E-state index in [1.807, 2.05) is 44.7 Å². The van der Waals surface area contributed by atoms with Crippen molar-refractivity contribution in [3.63, 3.8) is 0 Å². The van der Waals surface area contributed by atoms with Crippen molar-refractivity contribution >= 4 is 35.0 Å². The van der Waals surface area contributed by atoms with Crippen molar-refractivity contribution in [2.75, 3.05) is 27.4 Å². The number of aromatic nitrogens is 4. The number of H-pyrrole nitrogens is 2. The van der Waals surface area contributed by atoms with Crippen LogP contribution in [0.25, 0.3) is 44.5 Å². The van der Waals surface area contributed by atoms with Crippen LogP contribution in [0.5, 0.6) is 5.75 Å². The summed E-state index contributed by atoms with van der Waals surface area (Å²) in [6.45, 7) is 8.61. The molecule has 0 unspecified atom stereocenters. The van der Waals surface area contributed by atoms with Crippen molar-refractivity contribution in [2.45, 2.75) is 83.5 Å². The van der Waals surface area contributed by atoms with Gasteiger partial charge in [-0.2, -0.15) is 0 Å². The fourth-order valence-electron chi connectivity index (χ4n) is 8.32. The van der Waals surface area contributed by atoms with Crippen LogP contribution >= 0.6 is 0 Å². The number of carbonyl (C=O) groups is 4. The lowest BCUT2D eigenvalue weighted by atomic mass is 9.98. The summed E-state index contributed by atoms with van der Waals surface area (Å²) in [7, 11) is 2.57. The van der Waals surface area contributed by atoms with E-state index >= 15 is 0 Å². The first kappa shape index (κ1) is 40.4. The van der Waals surface area contributed by atoms with E-state index in [1.54, 1.807) is 0 Å². The number of amides is 4. The van der Waals surface area contributed by atoms with Crippen LogP contribution in [0.2, 0.25) is 0 Å². The Morgan fingerprint density at radius 3 is 2.10 bits per heavy atom. The molecule has 2 fully saturated rings. The summed E-state index contributed by atoms with van der Waals surface area (Å²) >= 11 is 0. The maximum atomic E-state index is 13.7. The molecule has 3 atom stereocenters. The smallest absolute Gasteiger partial charge is 0.407 e. The van der Waals surface area contributed by atoms with Gasteiger partial charge in [-0.15, -0.1) is 0 Å². The lowest BCUT2D eigenvalue weighted by Gasteiger charge is -2.30. The molecule has 1 saturated carbocycles. The van der Waals surface area contributed by atoms with Gasteiger partial charge < -0.3 is 45.0 Å². The molecule has 15 heteroatoms. The number of nitrogens with one attached hydrogen (secondary N) is 5. The van der Waals surface area contributed by atoms with Crippen LogP contribution in [-0.2, 0) is 31.0 Å². The summed E-state index contributed by atoms with van der Waals surface area (Å²) in [5, 5.41) is 8.50. The fourth-order valence-corrected chi connectivity index (χ4v) is 8.32. The number of rotatable bonds is 11. The predicted octanol–water partition coefficient (Wildman–Crippen LogP) is 6.75. The van der Waals surface area contributed by atoms with Gasteiger partial charge in [-0.05, 0) is 84.0 Å². The Morgan fingerprint density at radius 2 is 1.45 bits per heavy atom. The molecule has 1 aliphatic carbocycles. The number of likely N-dealkylation sites (tertiary alicyclic amines) is 1. The highest BCUT2D eigenvalue weighted by Crippen LogP contribution is 2.45. The fraction of sp³-hybridized carbons (Fsp3) is 0.422. The number of benzene rings is 3. The van der Waals surface area contributed by atoms with Crippen LogP contribution in [-0.4, -0.2) is 88.3 Å². The first-order chi connectivity index (χ1) is 28.9. The quantitative estimate of drug-likeness (QED) is 0.0959. The number of hydrogen-bond acceptors (Lipinski definition) is 9. The minimum Gasteiger partial charge on any atom is -0.492 e. The van der Waals surface area contributed by atoms with Crippen LogP contribution in [0.15, 0.2) is 60.7 Å². The molecule has 8 rings (SSSR count). The molecule has 4 amide bonds. The predicted molar refractivity (Wildman–Crippen MR) is 225 cm³/mol. The van der Waals surface area contributed by atoms with E-state index in [0.29, 0.717) is 25.4 Å². The van der Waals surface area contributed by atoms with Crippen LogP contribution in [0.1, 0.15) is 76.8 Å². The standard InChI is InChI=1S/C45H52N8O7/c1-24(2)36(50-43(56)58-5)40(54)52-45(18-19-45)42-47-31-16-14-28(22-33(31)48-42)26-9-11-27(12-10-26)29-13-15-30-35(23-29)60-21-17-32-38(30)49-39(46-32)34-8-7-20-53(34)41(55)37(25(3)4)51-44(57)59-6/h9-16,22-25,34,36-37H,7-8,17-21H2,1-6H3,(H,46,49)(H,47,48)(H,50,56)(H,51,57)(H,52,54)/t34-,36-,37-/m0/s1. The van der Waals surface area contributed by atoms with Gasteiger partial charge in [0.15, 0.2) is 0 Å². The third kappa shape index (κ3) is 7.87. The van der Waals surface area contributed by atoms with Crippen molar-refractivity contribution in [3.8, 4) is 39.3 Å². The van der Waals surface area contributed by atoms with Gasteiger partial charge in [0.05, 0.1) is 54.8 Å². The van der Waals surface area contributed by atoms with Crippen LogP contribution < -0.4 is 20.7 Å². The highest BCUT2D eigenvalue weighted by atomic mass is 16.5. The average molecular weight is 817 g/mol. The highest BCUT2D eigenvalue weighted by Gasteiger charge is 2.49. The summed E-state index contributed by atoms with van der Waals surface area (Å²) in [5.74, 6) is 1.54. The van der Waals surface area contributed by atoms with E-state index in [4.69, 9.17) is 24.2 Å². The van der Waals surface area contributed by atoms with E-state index in [1.165, 1.54) is 14.2 Å². The lowest BCUT2D eigenvalue weighted by Crippen LogP contribution is -2.52. The zero-order chi connectivity index (χ0) is 42.3. The zero-order valence-corrected chi connectivity index (χ0v) is 34.8. The van der Waals surface area contributed by atoms with Crippen molar-refractivity contribution in [1.29, 1.82) is 0 Å². The Balaban J connectivity index is 0.978. The van der Waals surface area contributed by atoms with Crippen LogP contribution in [0.3, 0.4) is 0 Å². The number of ether oxygens (including phenoxy) is 3. The molecule has 5 aromatic rings. The van der Waals surface area contributed by atoms with E-state index in [0.717, 1.165) is 87.5 Å². The zero-order valence-electron chi connectivity index (χ0n) is 34.8. The second-order valence-corrected chi connectivity index (χ2v) is 16.6. The summed E-state index contributed by atoms with van der Waals surface area (Å²) in [6.07, 6.45) is 2.44. The Kier molecular flexibility index (Phi) is 11.0. The molecular weight excluding hydrogens is 765 g/mol. The molecule has 2 aliphatic heterocycles. The third-order valence-electron chi connectivity index (χ3n) is 11.9. The Labute approximate surface area is 348 Å². The molecule has 4 heterocycles. The molecule has 314 valence electrons. The second kappa shape index (κ2) is 16.3. The molecule has 3 aromatic carbocycles. The van der Waals surface area contributed by atoms with Gasteiger partial charge in [-0.1, -0.05) is 64.1 Å². The van der Waals surface area contributed by atoms with E-state index in [-0.39, 0.29) is 29.7 Å². The van der Waals surface area contributed by atoms with E-state index in [9.17, 15) is 19.2 Å². The van der Waals surface area contributed by atoms with Gasteiger partial charge in [0, 0.05) is 18.5 Å². The maximum absolute atomic E-state index is 13.7. The monoisotopic (exact) mass is 816 g/mol.